The Morgan fingerprint density at radius 1 is 1.29 bits per heavy atom. The van der Waals surface area contributed by atoms with Crippen molar-refractivity contribution in [1.29, 1.82) is 0 Å². The fraction of sp³-hybridized carbons (Fsp3) is 0.462. The van der Waals surface area contributed by atoms with Crippen LogP contribution in [-0.2, 0) is 22.6 Å². The second-order valence-corrected chi connectivity index (χ2v) is 4.89. The van der Waals surface area contributed by atoms with Gasteiger partial charge in [-0.1, -0.05) is 24.3 Å². The highest BCUT2D eigenvalue weighted by Crippen LogP contribution is 2.09. The Kier molecular flexibility index (Phi) is 4.66. The summed E-state index contributed by atoms with van der Waals surface area (Å²) < 4.78 is 0. The van der Waals surface area contributed by atoms with Gasteiger partial charge in [0, 0.05) is 6.54 Å². The average molecular weight is 236 g/mol. The second-order valence-electron chi connectivity index (χ2n) is 4.89. The first kappa shape index (κ1) is 13.7. The molecule has 0 aliphatic carbocycles. The smallest absolute Gasteiger partial charge is 0.247 e. The van der Waals surface area contributed by atoms with E-state index in [0.29, 0.717) is 6.54 Å². The molecule has 1 aromatic carbocycles. The summed E-state index contributed by atoms with van der Waals surface area (Å²) in [7, 11) is 0. The van der Waals surface area contributed by atoms with Gasteiger partial charge in [0.2, 0.25) is 5.91 Å². The molecule has 0 atom stereocenters. The third-order valence-corrected chi connectivity index (χ3v) is 2.16. The molecule has 0 heterocycles. The van der Waals surface area contributed by atoms with E-state index < -0.39 is 0 Å². The van der Waals surface area contributed by atoms with Crippen molar-refractivity contribution in [3.63, 3.8) is 0 Å². The predicted molar refractivity (Wildman–Crippen MR) is 67.0 cm³/mol. The fourth-order valence-corrected chi connectivity index (χ4v) is 1.35. The highest BCUT2D eigenvalue weighted by molar-refractivity contribution is 5.77. The number of benzene rings is 1. The molecule has 0 spiro atoms. The largest absolute Gasteiger partial charge is 0.326 e. The number of nitrogens with two attached hydrogens (primary N) is 1. The van der Waals surface area contributed by atoms with E-state index in [1.807, 2.05) is 45.0 Å². The minimum absolute atomic E-state index is 0.166. The quantitative estimate of drug-likeness (QED) is 0.779. The molecule has 1 amide bonds. The van der Waals surface area contributed by atoms with E-state index in [1.54, 1.807) is 0 Å². The monoisotopic (exact) mass is 236 g/mol. The summed E-state index contributed by atoms with van der Waals surface area (Å²) in [6.07, 6.45) is 0.281. The molecule has 0 aliphatic rings. The summed E-state index contributed by atoms with van der Waals surface area (Å²) in [5.41, 5.74) is 9.58. The van der Waals surface area contributed by atoms with Gasteiger partial charge in [0.25, 0.3) is 0 Å². The Morgan fingerprint density at radius 3 is 2.41 bits per heavy atom. The number of carbonyl (C=O) groups is 1. The lowest BCUT2D eigenvalue weighted by Crippen LogP contribution is -2.34. The lowest BCUT2D eigenvalue weighted by molar-refractivity contribution is -0.144. The van der Waals surface area contributed by atoms with Gasteiger partial charge in [-0.15, -0.1) is 0 Å². The number of amides is 1. The molecular weight excluding hydrogens is 216 g/mol. The van der Waals surface area contributed by atoms with Crippen LogP contribution in [0.2, 0.25) is 0 Å². The van der Waals surface area contributed by atoms with Gasteiger partial charge in [-0.25, -0.2) is 5.48 Å². The molecule has 0 aliphatic heterocycles. The van der Waals surface area contributed by atoms with E-state index in [-0.39, 0.29) is 17.9 Å². The zero-order chi connectivity index (χ0) is 12.9. The molecular formula is C13H20N2O2. The number of hydroxylamine groups is 1. The molecule has 4 nitrogen and oxygen atoms in total. The van der Waals surface area contributed by atoms with Gasteiger partial charge >= 0.3 is 0 Å². The number of nitrogens with one attached hydrogen (secondary N) is 1. The zero-order valence-electron chi connectivity index (χ0n) is 10.6. The van der Waals surface area contributed by atoms with Crippen LogP contribution in [0.15, 0.2) is 24.3 Å². The summed E-state index contributed by atoms with van der Waals surface area (Å²) in [6.45, 7) is 6.06. The van der Waals surface area contributed by atoms with Crippen molar-refractivity contribution in [2.75, 3.05) is 0 Å². The Balaban J connectivity index is 2.56. The Hall–Kier alpha value is -1.39. The van der Waals surface area contributed by atoms with Crippen molar-refractivity contribution in [2.24, 2.45) is 5.73 Å². The highest BCUT2D eigenvalue weighted by atomic mass is 16.7. The molecule has 0 aromatic heterocycles. The highest BCUT2D eigenvalue weighted by Gasteiger charge is 2.13. The Morgan fingerprint density at radius 2 is 1.88 bits per heavy atom. The van der Waals surface area contributed by atoms with Gasteiger partial charge in [-0.2, -0.15) is 0 Å². The van der Waals surface area contributed by atoms with Crippen LogP contribution in [0.25, 0.3) is 0 Å². The van der Waals surface area contributed by atoms with E-state index in [0.717, 1.165) is 11.1 Å². The number of hydrogen-bond donors (Lipinski definition) is 2. The summed E-state index contributed by atoms with van der Waals surface area (Å²) in [4.78, 5) is 16.9. The molecule has 1 rings (SSSR count). The van der Waals surface area contributed by atoms with Gasteiger partial charge in [-0.3, -0.25) is 9.63 Å². The molecule has 0 saturated heterocycles. The summed E-state index contributed by atoms with van der Waals surface area (Å²) >= 11 is 0. The molecule has 0 fully saturated rings. The van der Waals surface area contributed by atoms with Crippen molar-refractivity contribution in [3.8, 4) is 0 Å². The van der Waals surface area contributed by atoms with Crippen LogP contribution >= 0.6 is 0 Å². The lowest BCUT2D eigenvalue weighted by Gasteiger charge is -2.19. The third kappa shape index (κ3) is 4.97. The SMILES string of the molecule is CC(C)(C)ONC(=O)Cc1ccccc1CN. The minimum atomic E-state index is -0.386. The van der Waals surface area contributed by atoms with E-state index in [1.165, 1.54) is 0 Å². The maximum absolute atomic E-state index is 11.7. The van der Waals surface area contributed by atoms with Crippen LogP contribution in [0.4, 0.5) is 0 Å². The molecule has 94 valence electrons. The molecule has 0 radical (unpaired) electrons. The standard InChI is InChI=1S/C13H20N2O2/c1-13(2,3)17-15-12(16)8-10-6-4-5-7-11(10)9-14/h4-7H,8-9,14H2,1-3H3,(H,15,16). The first-order valence-corrected chi connectivity index (χ1v) is 5.66. The van der Waals surface area contributed by atoms with Crippen LogP contribution in [0.5, 0.6) is 0 Å². The van der Waals surface area contributed by atoms with Crippen LogP contribution in [-0.4, -0.2) is 11.5 Å². The van der Waals surface area contributed by atoms with Gasteiger partial charge in [0.1, 0.15) is 0 Å². The first-order chi connectivity index (χ1) is 7.92. The van der Waals surface area contributed by atoms with E-state index in [4.69, 9.17) is 10.6 Å². The maximum Gasteiger partial charge on any atom is 0.247 e. The number of carbonyl (C=O) groups excluding carboxylic acids is 1. The molecule has 0 bridgehead atoms. The first-order valence-electron chi connectivity index (χ1n) is 5.66. The van der Waals surface area contributed by atoms with Crippen LogP contribution in [0.1, 0.15) is 31.9 Å². The predicted octanol–water partition coefficient (Wildman–Crippen LogP) is 1.53. The van der Waals surface area contributed by atoms with Gasteiger partial charge in [0.15, 0.2) is 0 Å². The van der Waals surface area contributed by atoms with Crippen LogP contribution < -0.4 is 11.2 Å². The van der Waals surface area contributed by atoms with Crippen molar-refractivity contribution in [2.45, 2.75) is 39.3 Å². The molecule has 0 saturated carbocycles. The summed E-state index contributed by atoms with van der Waals surface area (Å²) in [5, 5.41) is 0. The molecule has 3 N–H and O–H groups in total. The normalized spacial score (nSPS) is 11.3. The summed E-state index contributed by atoms with van der Waals surface area (Å²) in [6, 6.07) is 7.63. The number of hydrogen-bond acceptors (Lipinski definition) is 3. The Labute approximate surface area is 102 Å². The van der Waals surface area contributed by atoms with Crippen LogP contribution in [0, 0.1) is 0 Å². The van der Waals surface area contributed by atoms with E-state index >= 15 is 0 Å². The minimum Gasteiger partial charge on any atom is -0.326 e. The molecule has 4 heteroatoms. The molecule has 0 unspecified atom stereocenters. The maximum atomic E-state index is 11.7. The van der Waals surface area contributed by atoms with Gasteiger partial charge in [0.05, 0.1) is 12.0 Å². The fourth-order valence-electron chi connectivity index (χ4n) is 1.35. The van der Waals surface area contributed by atoms with Crippen LogP contribution in [0.3, 0.4) is 0 Å². The lowest BCUT2D eigenvalue weighted by atomic mass is 10.0. The zero-order valence-corrected chi connectivity index (χ0v) is 10.6. The van der Waals surface area contributed by atoms with Crippen molar-refractivity contribution >= 4 is 5.91 Å². The Bertz CT molecular complexity index is 383. The van der Waals surface area contributed by atoms with Crippen molar-refractivity contribution in [3.05, 3.63) is 35.4 Å². The molecule has 1 aromatic rings. The van der Waals surface area contributed by atoms with Crippen molar-refractivity contribution < 1.29 is 9.63 Å². The summed E-state index contributed by atoms with van der Waals surface area (Å²) in [5.74, 6) is -0.166. The van der Waals surface area contributed by atoms with Gasteiger partial charge in [-0.05, 0) is 31.9 Å². The third-order valence-electron chi connectivity index (χ3n) is 2.16. The van der Waals surface area contributed by atoms with Gasteiger partial charge < -0.3 is 5.73 Å². The van der Waals surface area contributed by atoms with E-state index in [2.05, 4.69) is 5.48 Å². The number of rotatable bonds is 4. The average Bonchev–Trinajstić information content (AvgIpc) is 2.26. The van der Waals surface area contributed by atoms with E-state index in [9.17, 15) is 4.79 Å². The van der Waals surface area contributed by atoms with Crippen molar-refractivity contribution in [1.82, 2.24) is 5.48 Å². The molecule has 17 heavy (non-hydrogen) atoms. The second kappa shape index (κ2) is 5.80. The topological polar surface area (TPSA) is 64.3 Å².